The molecule has 1 aromatic carbocycles. The maximum Gasteiger partial charge on any atom is 0.274 e. The molecule has 3 N–H and O–H groups in total. The SMILES string of the molecule is Nc1c(-c2cc3c(cc2Cl)OCO3)nc[nH]c1=O. The Balaban J connectivity index is 2.23. The minimum absolute atomic E-state index is 0.0123. The fraction of sp³-hybridized carbons (Fsp3) is 0.0909. The molecule has 0 bridgehead atoms. The maximum absolute atomic E-state index is 11.4. The Kier molecular flexibility index (Phi) is 2.38. The number of aromatic nitrogens is 2. The first-order chi connectivity index (χ1) is 8.66. The fourth-order valence-electron chi connectivity index (χ4n) is 1.72. The quantitative estimate of drug-likeness (QED) is 0.813. The second-order valence-corrected chi connectivity index (χ2v) is 4.09. The lowest BCUT2D eigenvalue weighted by molar-refractivity contribution is 0.174. The van der Waals surface area contributed by atoms with Crippen molar-refractivity contribution in [3.8, 4) is 22.8 Å². The largest absolute Gasteiger partial charge is 0.454 e. The number of ether oxygens (including phenoxy) is 2. The minimum Gasteiger partial charge on any atom is -0.454 e. The summed E-state index contributed by atoms with van der Waals surface area (Å²) in [5, 5.41) is 0.393. The van der Waals surface area contributed by atoms with Crippen molar-refractivity contribution >= 4 is 17.3 Å². The molecule has 3 rings (SSSR count). The molecule has 1 aliphatic heterocycles. The van der Waals surface area contributed by atoms with Gasteiger partial charge in [-0.1, -0.05) is 11.6 Å². The number of hydrogen-bond donors (Lipinski definition) is 2. The Morgan fingerprint density at radius 1 is 1.33 bits per heavy atom. The van der Waals surface area contributed by atoms with Crippen LogP contribution in [-0.2, 0) is 0 Å². The molecule has 92 valence electrons. The van der Waals surface area contributed by atoms with Crippen molar-refractivity contribution in [3.05, 3.63) is 33.8 Å². The first kappa shape index (κ1) is 10.9. The lowest BCUT2D eigenvalue weighted by Gasteiger charge is -2.07. The number of nitrogens with zero attached hydrogens (tertiary/aromatic N) is 1. The zero-order valence-corrected chi connectivity index (χ0v) is 9.82. The maximum atomic E-state index is 11.4. The van der Waals surface area contributed by atoms with Crippen molar-refractivity contribution in [2.24, 2.45) is 0 Å². The van der Waals surface area contributed by atoms with Gasteiger partial charge in [-0.25, -0.2) is 4.98 Å². The summed E-state index contributed by atoms with van der Waals surface area (Å²) in [6, 6.07) is 3.27. The van der Waals surface area contributed by atoms with Gasteiger partial charge in [-0.2, -0.15) is 0 Å². The van der Waals surface area contributed by atoms with Crippen LogP contribution in [0.15, 0.2) is 23.3 Å². The molecule has 0 aliphatic carbocycles. The molecule has 0 atom stereocenters. The van der Waals surface area contributed by atoms with Gasteiger partial charge in [0.05, 0.1) is 11.3 Å². The molecule has 1 aliphatic rings. The number of hydrogen-bond acceptors (Lipinski definition) is 5. The van der Waals surface area contributed by atoms with E-state index in [1.54, 1.807) is 12.1 Å². The Bertz CT molecular complexity index is 684. The molecule has 0 spiro atoms. The van der Waals surface area contributed by atoms with E-state index in [1.165, 1.54) is 6.33 Å². The number of anilines is 1. The van der Waals surface area contributed by atoms with Crippen LogP contribution in [0.1, 0.15) is 0 Å². The van der Waals surface area contributed by atoms with Gasteiger partial charge in [0.2, 0.25) is 6.79 Å². The van der Waals surface area contributed by atoms with Crippen molar-refractivity contribution in [2.75, 3.05) is 12.5 Å². The number of nitrogens with one attached hydrogen (secondary N) is 1. The van der Waals surface area contributed by atoms with E-state index in [-0.39, 0.29) is 12.5 Å². The van der Waals surface area contributed by atoms with Crippen LogP contribution in [0, 0.1) is 0 Å². The summed E-state index contributed by atoms with van der Waals surface area (Å²) >= 11 is 6.12. The standard InChI is InChI=1S/C11H8ClN3O3/c12-6-2-8-7(17-4-18-8)1-5(6)10-9(13)11(16)15-3-14-10/h1-3H,4,13H2,(H,14,15,16). The zero-order valence-electron chi connectivity index (χ0n) is 9.07. The van der Waals surface area contributed by atoms with Crippen LogP contribution >= 0.6 is 11.6 Å². The van der Waals surface area contributed by atoms with Crippen LogP contribution in [0.2, 0.25) is 5.02 Å². The molecule has 0 unspecified atom stereocenters. The lowest BCUT2D eigenvalue weighted by atomic mass is 10.1. The summed E-state index contributed by atoms with van der Waals surface area (Å²) in [7, 11) is 0. The van der Waals surface area contributed by atoms with Gasteiger partial charge < -0.3 is 20.2 Å². The highest BCUT2D eigenvalue weighted by Crippen LogP contribution is 2.40. The minimum atomic E-state index is -0.409. The molecule has 6 nitrogen and oxygen atoms in total. The second-order valence-electron chi connectivity index (χ2n) is 3.68. The summed E-state index contributed by atoms with van der Waals surface area (Å²) in [5.41, 5.74) is 6.15. The fourth-order valence-corrected chi connectivity index (χ4v) is 1.97. The summed E-state index contributed by atoms with van der Waals surface area (Å²) in [5.74, 6) is 1.11. The molecule has 2 heterocycles. The molecular weight excluding hydrogens is 258 g/mol. The van der Waals surface area contributed by atoms with E-state index < -0.39 is 5.56 Å². The van der Waals surface area contributed by atoms with Crippen molar-refractivity contribution < 1.29 is 9.47 Å². The van der Waals surface area contributed by atoms with Crippen LogP contribution in [0.4, 0.5) is 5.69 Å². The Hall–Kier alpha value is -2.21. The third kappa shape index (κ3) is 1.58. The van der Waals surface area contributed by atoms with E-state index in [4.69, 9.17) is 26.8 Å². The Morgan fingerprint density at radius 2 is 2.06 bits per heavy atom. The molecule has 1 aromatic heterocycles. The van der Waals surface area contributed by atoms with E-state index in [9.17, 15) is 4.79 Å². The predicted octanol–water partition coefficient (Wildman–Crippen LogP) is 1.40. The van der Waals surface area contributed by atoms with Crippen molar-refractivity contribution in [2.45, 2.75) is 0 Å². The summed E-state index contributed by atoms with van der Waals surface area (Å²) in [6.07, 6.45) is 1.27. The topological polar surface area (TPSA) is 90.2 Å². The first-order valence-electron chi connectivity index (χ1n) is 5.09. The molecule has 0 saturated carbocycles. The molecule has 7 heteroatoms. The van der Waals surface area contributed by atoms with Gasteiger partial charge >= 0.3 is 0 Å². The number of nitrogen functional groups attached to an aromatic ring is 1. The number of halogens is 1. The number of aromatic amines is 1. The van der Waals surface area contributed by atoms with Gasteiger partial charge in [-0.3, -0.25) is 4.79 Å². The van der Waals surface area contributed by atoms with E-state index in [2.05, 4.69) is 9.97 Å². The highest BCUT2D eigenvalue weighted by Gasteiger charge is 2.19. The van der Waals surface area contributed by atoms with E-state index >= 15 is 0 Å². The van der Waals surface area contributed by atoms with Gasteiger partial charge in [-0.15, -0.1) is 0 Å². The molecule has 2 aromatic rings. The molecule has 0 radical (unpaired) electrons. The normalized spacial score (nSPS) is 12.7. The van der Waals surface area contributed by atoms with Crippen LogP contribution in [0.3, 0.4) is 0 Å². The van der Waals surface area contributed by atoms with Crippen molar-refractivity contribution in [3.63, 3.8) is 0 Å². The van der Waals surface area contributed by atoms with Gasteiger partial charge in [-0.05, 0) is 6.07 Å². The Morgan fingerprint density at radius 3 is 2.83 bits per heavy atom. The van der Waals surface area contributed by atoms with E-state index in [1.807, 2.05) is 0 Å². The third-order valence-corrected chi connectivity index (χ3v) is 2.92. The van der Waals surface area contributed by atoms with Crippen molar-refractivity contribution in [1.82, 2.24) is 9.97 Å². The first-order valence-corrected chi connectivity index (χ1v) is 5.47. The van der Waals surface area contributed by atoms with Gasteiger partial charge in [0.15, 0.2) is 11.5 Å². The average Bonchev–Trinajstić information content (AvgIpc) is 2.79. The number of H-pyrrole nitrogens is 1. The number of benzene rings is 1. The summed E-state index contributed by atoms with van der Waals surface area (Å²) in [4.78, 5) is 17.9. The lowest BCUT2D eigenvalue weighted by Crippen LogP contribution is -2.13. The van der Waals surface area contributed by atoms with Gasteiger partial charge in [0.1, 0.15) is 11.4 Å². The number of nitrogens with two attached hydrogens (primary N) is 1. The molecule has 0 saturated heterocycles. The molecular formula is C11H8ClN3O3. The smallest absolute Gasteiger partial charge is 0.274 e. The Labute approximate surface area is 106 Å². The highest BCUT2D eigenvalue weighted by molar-refractivity contribution is 6.33. The summed E-state index contributed by atoms with van der Waals surface area (Å²) < 4.78 is 10.4. The zero-order chi connectivity index (χ0) is 12.7. The highest BCUT2D eigenvalue weighted by atomic mass is 35.5. The third-order valence-electron chi connectivity index (χ3n) is 2.61. The van der Waals surface area contributed by atoms with Crippen LogP contribution in [-0.4, -0.2) is 16.8 Å². The van der Waals surface area contributed by atoms with E-state index in [0.717, 1.165) is 0 Å². The van der Waals surface area contributed by atoms with Crippen LogP contribution < -0.4 is 20.8 Å². The van der Waals surface area contributed by atoms with Crippen molar-refractivity contribution in [1.29, 1.82) is 0 Å². The number of rotatable bonds is 1. The van der Waals surface area contributed by atoms with Crippen LogP contribution in [0.5, 0.6) is 11.5 Å². The predicted molar refractivity (Wildman–Crippen MR) is 65.8 cm³/mol. The molecule has 18 heavy (non-hydrogen) atoms. The van der Waals surface area contributed by atoms with Gasteiger partial charge in [0.25, 0.3) is 5.56 Å². The van der Waals surface area contributed by atoms with E-state index in [0.29, 0.717) is 27.8 Å². The number of fused-ring (bicyclic) bond motifs is 1. The molecule has 0 fully saturated rings. The second kappa shape index (κ2) is 3.92. The average molecular weight is 266 g/mol. The molecule has 0 amide bonds. The van der Waals surface area contributed by atoms with Gasteiger partial charge in [0, 0.05) is 11.6 Å². The van der Waals surface area contributed by atoms with Crippen LogP contribution in [0.25, 0.3) is 11.3 Å². The summed E-state index contributed by atoms with van der Waals surface area (Å²) in [6.45, 7) is 0.146. The monoisotopic (exact) mass is 265 g/mol.